The number of nitrogens with zero attached hydrogens (tertiary/aromatic N) is 1. The van der Waals surface area contributed by atoms with Gasteiger partial charge in [0.05, 0.1) is 12.3 Å². The minimum absolute atomic E-state index is 0.524. The van der Waals surface area contributed by atoms with Gasteiger partial charge in [-0.05, 0) is 12.3 Å². The van der Waals surface area contributed by atoms with Gasteiger partial charge in [-0.25, -0.2) is 4.98 Å². The summed E-state index contributed by atoms with van der Waals surface area (Å²) in [6.45, 7) is 7.93. The lowest BCUT2D eigenvalue weighted by atomic mass is 10.2. The molecule has 1 aromatic heterocycles. The van der Waals surface area contributed by atoms with Crippen molar-refractivity contribution >= 4 is 11.3 Å². The largest absolute Gasteiger partial charge is 0.374 e. The molecule has 0 atom stereocenters. The molecule has 0 unspecified atom stereocenters. The first kappa shape index (κ1) is 10.7. The Bertz CT molecular complexity index is 245. The van der Waals surface area contributed by atoms with Crippen LogP contribution < -0.4 is 0 Å². The lowest BCUT2D eigenvalue weighted by Gasteiger charge is -1.99. The molecule has 0 amide bonds. The molecule has 2 nitrogen and oxygen atoms in total. The molecule has 1 rings (SSSR count). The molecule has 0 bridgehead atoms. The Morgan fingerprint density at radius 1 is 1.54 bits per heavy atom. The van der Waals surface area contributed by atoms with Crippen LogP contribution in [0.1, 0.15) is 43.8 Å². The Labute approximate surface area is 84.0 Å². The second kappa shape index (κ2) is 5.35. The van der Waals surface area contributed by atoms with E-state index in [9.17, 15) is 0 Å². The number of hydrogen-bond donors (Lipinski definition) is 0. The molecular weight excluding hydrogens is 182 g/mol. The van der Waals surface area contributed by atoms with E-state index < -0.39 is 0 Å². The van der Waals surface area contributed by atoms with Crippen LogP contribution in [-0.4, -0.2) is 11.6 Å². The molecule has 3 heteroatoms. The molecule has 1 aromatic rings. The van der Waals surface area contributed by atoms with Crippen molar-refractivity contribution in [2.24, 2.45) is 0 Å². The summed E-state index contributed by atoms with van der Waals surface area (Å²) in [6.07, 6.45) is 1.07. The molecule has 13 heavy (non-hydrogen) atoms. The zero-order valence-electron chi connectivity index (χ0n) is 8.54. The fraction of sp³-hybridized carbons (Fsp3) is 0.700. The topological polar surface area (TPSA) is 22.1 Å². The number of thiazole rings is 1. The van der Waals surface area contributed by atoms with Crippen LogP contribution in [0.5, 0.6) is 0 Å². The highest BCUT2D eigenvalue weighted by Gasteiger charge is 2.04. The quantitative estimate of drug-likeness (QED) is 0.679. The summed E-state index contributed by atoms with van der Waals surface area (Å²) in [5.41, 5.74) is 1.18. The van der Waals surface area contributed by atoms with Crippen molar-refractivity contribution in [3.8, 4) is 0 Å². The highest BCUT2D eigenvalue weighted by Crippen LogP contribution is 2.18. The molecule has 0 aromatic carbocycles. The maximum Gasteiger partial charge on any atom is 0.119 e. The molecule has 0 radical (unpaired) electrons. The average molecular weight is 199 g/mol. The van der Waals surface area contributed by atoms with Crippen LogP contribution in [0.2, 0.25) is 0 Å². The van der Waals surface area contributed by atoms with Crippen molar-refractivity contribution < 1.29 is 4.74 Å². The number of ether oxygens (including phenoxy) is 1. The van der Waals surface area contributed by atoms with Gasteiger partial charge in [-0.2, -0.15) is 0 Å². The second-order valence-corrected chi connectivity index (χ2v) is 4.32. The Balaban J connectivity index is 2.40. The Morgan fingerprint density at radius 2 is 2.31 bits per heavy atom. The maximum absolute atomic E-state index is 5.41. The average Bonchev–Trinajstić information content (AvgIpc) is 2.53. The smallest absolute Gasteiger partial charge is 0.119 e. The number of aromatic nitrogens is 1. The third-order valence-corrected chi connectivity index (χ3v) is 2.58. The van der Waals surface area contributed by atoms with E-state index in [1.165, 1.54) is 5.69 Å². The van der Waals surface area contributed by atoms with Crippen LogP contribution >= 0.6 is 11.3 Å². The van der Waals surface area contributed by atoms with Crippen LogP contribution in [0.15, 0.2) is 5.38 Å². The Morgan fingerprint density at radius 3 is 2.85 bits per heavy atom. The van der Waals surface area contributed by atoms with E-state index in [4.69, 9.17) is 4.74 Å². The fourth-order valence-corrected chi connectivity index (χ4v) is 1.85. The van der Waals surface area contributed by atoms with E-state index in [1.54, 1.807) is 11.3 Å². The molecule has 0 saturated heterocycles. The molecule has 0 fully saturated rings. The molecule has 1 heterocycles. The zero-order chi connectivity index (χ0) is 9.68. The third-order valence-electron chi connectivity index (χ3n) is 1.74. The molecular formula is C10H17NOS. The summed E-state index contributed by atoms with van der Waals surface area (Å²) >= 11 is 1.69. The lowest BCUT2D eigenvalue weighted by molar-refractivity contribution is 0.121. The van der Waals surface area contributed by atoms with Crippen LogP contribution in [-0.2, 0) is 11.3 Å². The monoisotopic (exact) mass is 199 g/mol. The van der Waals surface area contributed by atoms with Gasteiger partial charge in [-0.1, -0.05) is 20.8 Å². The van der Waals surface area contributed by atoms with Crippen molar-refractivity contribution in [1.29, 1.82) is 0 Å². The van der Waals surface area contributed by atoms with E-state index in [1.807, 2.05) is 0 Å². The van der Waals surface area contributed by atoms with Crippen molar-refractivity contribution in [2.45, 2.75) is 39.7 Å². The molecule has 0 aliphatic carbocycles. The lowest BCUT2D eigenvalue weighted by Crippen LogP contribution is -1.94. The van der Waals surface area contributed by atoms with E-state index >= 15 is 0 Å². The normalized spacial score (nSPS) is 11.1. The van der Waals surface area contributed by atoms with Crippen LogP contribution in [0, 0.1) is 0 Å². The van der Waals surface area contributed by atoms with Gasteiger partial charge in [-0.15, -0.1) is 11.3 Å². The van der Waals surface area contributed by atoms with Gasteiger partial charge in [0.25, 0.3) is 0 Å². The standard InChI is InChI=1S/C10H17NOS/c1-4-5-12-6-10-11-9(7-13-10)8(2)3/h7-8H,4-6H2,1-3H3. The van der Waals surface area contributed by atoms with Gasteiger partial charge in [0.1, 0.15) is 5.01 Å². The summed E-state index contributed by atoms with van der Waals surface area (Å²) < 4.78 is 5.41. The van der Waals surface area contributed by atoms with Gasteiger partial charge >= 0.3 is 0 Å². The van der Waals surface area contributed by atoms with Crippen molar-refractivity contribution in [2.75, 3.05) is 6.61 Å². The van der Waals surface area contributed by atoms with Crippen LogP contribution in [0.3, 0.4) is 0 Å². The highest BCUT2D eigenvalue weighted by atomic mass is 32.1. The molecule has 0 aliphatic heterocycles. The fourth-order valence-electron chi connectivity index (χ4n) is 0.960. The first-order chi connectivity index (χ1) is 6.24. The minimum Gasteiger partial charge on any atom is -0.374 e. The first-order valence-corrected chi connectivity index (χ1v) is 5.64. The highest BCUT2D eigenvalue weighted by molar-refractivity contribution is 7.09. The van der Waals surface area contributed by atoms with Gasteiger partial charge in [-0.3, -0.25) is 0 Å². The first-order valence-electron chi connectivity index (χ1n) is 4.76. The summed E-state index contributed by atoms with van der Waals surface area (Å²) in [4.78, 5) is 4.48. The summed E-state index contributed by atoms with van der Waals surface area (Å²) in [7, 11) is 0. The number of hydrogen-bond acceptors (Lipinski definition) is 3. The molecule has 74 valence electrons. The van der Waals surface area contributed by atoms with E-state index in [-0.39, 0.29) is 0 Å². The Kier molecular flexibility index (Phi) is 4.39. The molecule has 0 saturated carbocycles. The molecule has 0 N–H and O–H groups in total. The summed E-state index contributed by atoms with van der Waals surface area (Å²) in [5.74, 6) is 0.524. The third kappa shape index (κ3) is 3.44. The Hall–Kier alpha value is -0.410. The summed E-state index contributed by atoms with van der Waals surface area (Å²) in [5, 5.41) is 3.21. The predicted molar refractivity (Wildman–Crippen MR) is 56.2 cm³/mol. The molecule has 0 spiro atoms. The zero-order valence-corrected chi connectivity index (χ0v) is 9.36. The van der Waals surface area contributed by atoms with Gasteiger partial charge < -0.3 is 4.74 Å². The van der Waals surface area contributed by atoms with Crippen molar-refractivity contribution in [3.63, 3.8) is 0 Å². The molecule has 0 aliphatic rings. The van der Waals surface area contributed by atoms with E-state index in [2.05, 4.69) is 31.1 Å². The van der Waals surface area contributed by atoms with Crippen molar-refractivity contribution in [3.05, 3.63) is 16.1 Å². The van der Waals surface area contributed by atoms with E-state index in [0.29, 0.717) is 12.5 Å². The maximum atomic E-state index is 5.41. The SMILES string of the molecule is CCCOCc1nc(C(C)C)cs1. The van der Waals surface area contributed by atoms with Crippen molar-refractivity contribution in [1.82, 2.24) is 4.98 Å². The van der Waals surface area contributed by atoms with Gasteiger partial charge in [0, 0.05) is 12.0 Å². The van der Waals surface area contributed by atoms with Gasteiger partial charge in [0.2, 0.25) is 0 Å². The predicted octanol–water partition coefficient (Wildman–Crippen LogP) is 3.19. The second-order valence-electron chi connectivity index (χ2n) is 3.37. The summed E-state index contributed by atoms with van der Waals surface area (Å²) in [6, 6.07) is 0. The van der Waals surface area contributed by atoms with E-state index in [0.717, 1.165) is 18.0 Å². The van der Waals surface area contributed by atoms with Gasteiger partial charge in [0.15, 0.2) is 0 Å². The van der Waals surface area contributed by atoms with Crippen LogP contribution in [0.4, 0.5) is 0 Å². The number of rotatable bonds is 5. The minimum atomic E-state index is 0.524. The van der Waals surface area contributed by atoms with Crippen LogP contribution in [0.25, 0.3) is 0 Å².